The number of hydrogen-bond acceptors (Lipinski definition) is 5. The van der Waals surface area contributed by atoms with E-state index in [0.717, 1.165) is 32.5 Å². The highest BCUT2D eigenvalue weighted by Crippen LogP contribution is 2.41. The van der Waals surface area contributed by atoms with Gasteiger partial charge in [-0.3, -0.25) is 0 Å². The highest BCUT2D eigenvalue weighted by atomic mass is 16.5. The van der Waals surface area contributed by atoms with Gasteiger partial charge in [-0.05, 0) is 65.8 Å². The number of likely N-dealkylation sites (N-methyl/N-ethyl adjacent to an activating group) is 2. The molecule has 20 heavy (non-hydrogen) atoms. The molecular formula is C15H29N3O2. The lowest BCUT2D eigenvalue weighted by molar-refractivity contribution is -0.150. The molecule has 5 nitrogen and oxygen atoms in total. The van der Waals surface area contributed by atoms with Crippen molar-refractivity contribution in [2.45, 2.75) is 37.3 Å². The van der Waals surface area contributed by atoms with E-state index in [1.807, 2.05) is 7.05 Å². The minimum atomic E-state index is -0.521. The monoisotopic (exact) mass is 283 g/mol. The molecule has 0 bridgehead atoms. The van der Waals surface area contributed by atoms with E-state index in [1.165, 1.54) is 20.0 Å². The zero-order chi connectivity index (χ0) is 14.8. The zero-order valence-corrected chi connectivity index (χ0v) is 13.3. The Labute approximate surface area is 122 Å². The average molecular weight is 283 g/mol. The summed E-state index contributed by atoms with van der Waals surface area (Å²) in [5, 5.41) is 3.28. The van der Waals surface area contributed by atoms with Crippen molar-refractivity contribution >= 4 is 5.97 Å². The molecule has 5 heteroatoms. The maximum absolute atomic E-state index is 12.3. The van der Waals surface area contributed by atoms with Crippen LogP contribution in [-0.2, 0) is 9.53 Å². The molecule has 1 atom stereocenters. The van der Waals surface area contributed by atoms with Crippen LogP contribution in [0.1, 0.15) is 25.7 Å². The molecule has 116 valence electrons. The molecule has 1 aliphatic heterocycles. The molecular weight excluding hydrogens is 254 g/mol. The zero-order valence-electron chi connectivity index (χ0n) is 13.3. The van der Waals surface area contributed by atoms with Gasteiger partial charge in [-0.25, -0.2) is 4.79 Å². The summed E-state index contributed by atoms with van der Waals surface area (Å²) in [6.45, 7) is 3.03. The molecule has 0 aromatic carbocycles. The number of rotatable bonds is 6. The van der Waals surface area contributed by atoms with E-state index in [1.54, 1.807) is 0 Å². The fourth-order valence-electron chi connectivity index (χ4n) is 3.46. The highest BCUT2D eigenvalue weighted by Gasteiger charge is 2.51. The minimum Gasteiger partial charge on any atom is -0.468 e. The second-order valence-electron chi connectivity index (χ2n) is 6.44. The van der Waals surface area contributed by atoms with Crippen LogP contribution in [0, 0.1) is 5.92 Å². The number of nitrogens with one attached hydrogen (secondary N) is 1. The van der Waals surface area contributed by atoms with Crippen molar-refractivity contribution in [1.29, 1.82) is 0 Å². The lowest BCUT2D eigenvalue weighted by Gasteiger charge is -2.40. The Kier molecular flexibility index (Phi) is 5.04. The number of esters is 1. The van der Waals surface area contributed by atoms with E-state index in [0.29, 0.717) is 12.0 Å². The lowest BCUT2D eigenvalue weighted by Crippen LogP contribution is -2.61. The Morgan fingerprint density at radius 1 is 1.35 bits per heavy atom. The quantitative estimate of drug-likeness (QED) is 0.722. The molecule has 2 rings (SSSR count). The first kappa shape index (κ1) is 15.7. The Morgan fingerprint density at radius 3 is 2.40 bits per heavy atom. The van der Waals surface area contributed by atoms with Gasteiger partial charge in [0.2, 0.25) is 0 Å². The van der Waals surface area contributed by atoms with Crippen molar-refractivity contribution < 1.29 is 9.53 Å². The SMILES string of the molecule is CNC(CN(C)C1CCN(C)CC1)(C(=O)OC)C1CC1. The minimum absolute atomic E-state index is 0.109. The van der Waals surface area contributed by atoms with Crippen LogP contribution in [0.4, 0.5) is 0 Å². The van der Waals surface area contributed by atoms with Crippen LogP contribution in [0.5, 0.6) is 0 Å². The molecule has 0 spiro atoms. The van der Waals surface area contributed by atoms with Crippen molar-refractivity contribution in [3.8, 4) is 0 Å². The van der Waals surface area contributed by atoms with E-state index in [9.17, 15) is 4.79 Å². The van der Waals surface area contributed by atoms with Crippen LogP contribution in [0.2, 0.25) is 0 Å². The molecule has 0 amide bonds. The Bertz CT molecular complexity index is 338. The van der Waals surface area contributed by atoms with Gasteiger partial charge in [0.15, 0.2) is 0 Å². The molecule has 1 N–H and O–H groups in total. The molecule has 0 aromatic heterocycles. The number of likely N-dealkylation sites (tertiary alicyclic amines) is 1. The molecule has 0 radical (unpaired) electrons. The molecule has 1 saturated heterocycles. The number of carbonyl (C=O) groups excluding carboxylic acids is 1. The summed E-state index contributed by atoms with van der Waals surface area (Å²) < 4.78 is 5.08. The maximum atomic E-state index is 12.3. The molecule has 0 aromatic rings. The Hall–Kier alpha value is -0.650. The second-order valence-corrected chi connectivity index (χ2v) is 6.44. The second kappa shape index (κ2) is 6.41. The fraction of sp³-hybridized carbons (Fsp3) is 0.933. The van der Waals surface area contributed by atoms with Crippen molar-refractivity contribution in [2.24, 2.45) is 5.92 Å². The largest absolute Gasteiger partial charge is 0.468 e. The average Bonchev–Trinajstić information content (AvgIpc) is 3.29. The van der Waals surface area contributed by atoms with Gasteiger partial charge in [-0.1, -0.05) is 0 Å². The van der Waals surface area contributed by atoms with Crippen LogP contribution in [0.3, 0.4) is 0 Å². The summed E-state index contributed by atoms with van der Waals surface area (Å²) in [6.07, 6.45) is 4.60. The number of ether oxygens (including phenoxy) is 1. The number of piperidine rings is 1. The normalized spacial score (nSPS) is 24.6. The number of hydrogen-bond donors (Lipinski definition) is 1. The number of carbonyl (C=O) groups is 1. The van der Waals surface area contributed by atoms with Gasteiger partial charge in [0, 0.05) is 12.6 Å². The number of nitrogens with zero attached hydrogens (tertiary/aromatic N) is 2. The van der Waals surface area contributed by atoms with Gasteiger partial charge in [0.1, 0.15) is 5.54 Å². The standard InChI is InChI=1S/C15H29N3O2/c1-16-15(12-5-6-12,14(19)20-4)11-18(3)13-7-9-17(2)10-8-13/h12-13,16H,5-11H2,1-4H3. The fourth-order valence-corrected chi connectivity index (χ4v) is 3.46. The molecule has 1 unspecified atom stereocenters. The van der Waals surface area contributed by atoms with E-state index < -0.39 is 5.54 Å². The first-order valence-electron chi connectivity index (χ1n) is 7.69. The summed E-state index contributed by atoms with van der Waals surface area (Å²) in [6, 6.07) is 0.572. The highest BCUT2D eigenvalue weighted by molar-refractivity contribution is 5.82. The van der Waals surface area contributed by atoms with E-state index in [2.05, 4.69) is 29.2 Å². The smallest absolute Gasteiger partial charge is 0.327 e. The maximum Gasteiger partial charge on any atom is 0.327 e. The van der Waals surface area contributed by atoms with Gasteiger partial charge in [0.05, 0.1) is 7.11 Å². The van der Waals surface area contributed by atoms with Gasteiger partial charge >= 0.3 is 5.97 Å². The summed E-state index contributed by atoms with van der Waals surface area (Å²) in [5.74, 6) is 0.316. The summed E-state index contributed by atoms with van der Waals surface area (Å²) >= 11 is 0. The first-order chi connectivity index (χ1) is 9.53. The lowest BCUT2D eigenvalue weighted by atomic mass is 9.91. The molecule has 1 aliphatic carbocycles. The Morgan fingerprint density at radius 2 is 1.95 bits per heavy atom. The molecule has 1 heterocycles. The molecule has 1 saturated carbocycles. The molecule has 2 aliphatic rings. The van der Waals surface area contributed by atoms with Gasteiger partial charge < -0.3 is 19.9 Å². The van der Waals surface area contributed by atoms with Crippen LogP contribution in [0.25, 0.3) is 0 Å². The Balaban J connectivity index is 2.02. The third kappa shape index (κ3) is 3.15. The summed E-state index contributed by atoms with van der Waals surface area (Å²) in [5.41, 5.74) is -0.521. The topological polar surface area (TPSA) is 44.8 Å². The molecule has 2 fully saturated rings. The van der Waals surface area contributed by atoms with Crippen LogP contribution in [-0.4, -0.2) is 75.2 Å². The van der Waals surface area contributed by atoms with Crippen LogP contribution < -0.4 is 5.32 Å². The van der Waals surface area contributed by atoms with E-state index in [4.69, 9.17) is 4.74 Å². The summed E-state index contributed by atoms with van der Waals surface area (Å²) in [7, 11) is 7.70. The summed E-state index contributed by atoms with van der Waals surface area (Å²) in [4.78, 5) is 17.0. The van der Waals surface area contributed by atoms with E-state index in [-0.39, 0.29) is 5.97 Å². The third-order valence-electron chi connectivity index (χ3n) is 5.08. The van der Waals surface area contributed by atoms with E-state index >= 15 is 0 Å². The van der Waals surface area contributed by atoms with Gasteiger partial charge in [-0.15, -0.1) is 0 Å². The van der Waals surface area contributed by atoms with Crippen molar-refractivity contribution in [3.05, 3.63) is 0 Å². The third-order valence-corrected chi connectivity index (χ3v) is 5.08. The van der Waals surface area contributed by atoms with Crippen LogP contribution >= 0.6 is 0 Å². The predicted octanol–water partition coefficient (Wildman–Crippen LogP) is 0.554. The van der Waals surface area contributed by atoms with Crippen molar-refractivity contribution in [3.63, 3.8) is 0 Å². The van der Waals surface area contributed by atoms with Gasteiger partial charge in [-0.2, -0.15) is 0 Å². The van der Waals surface area contributed by atoms with Crippen molar-refractivity contribution in [2.75, 3.05) is 47.9 Å². The first-order valence-corrected chi connectivity index (χ1v) is 7.69. The van der Waals surface area contributed by atoms with Crippen LogP contribution in [0.15, 0.2) is 0 Å². The van der Waals surface area contributed by atoms with Crippen molar-refractivity contribution in [1.82, 2.24) is 15.1 Å². The number of methoxy groups -OCH3 is 1. The predicted molar refractivity (Wildman–Crippen MR) is 79.7 cm³/mol. The van der Waals surface area contributed by atoms with Gasteiger partial charge in [0.25, 0.3) is 0 Å².